The first-order chi connectivity index (χ1) is 7.11. The Morgan fingerprint density at radius 2 is 2.33 bits per heavy atom. The molecule has 0 bridgehead atoms. The van der Waals surface area contributed by atoms with Gasteiger partial charge in [-0.1, -0.05) is 0 Å². The molecule has 1 amide bonds. The quantitative estimate of drug-likeness (QED) is 0.810. The van der Waals surface area contributed by atoms with Gasteiger partial charge in [0.15, 0.2) is 11.9 Å². The number of fused-ring (bicyclic) bond motifs is 1. The largest absolute Gasteiger partial charge is 0.476 e. The number of carbonyl (C=O) groups is 1. The molecule has 1 heterocycles. The minimum absolute atomic E-state index is 0.0785. The molecule has 15 heavy (non-hydrogen) atoms. The van der Waals surface area contributed by atoms with Crippen LogP contribution in [-0.4, -0.2) is 18.6 Å². The Morgan fingerprint density at radius 1 is 1.60 bits per heavy atom. The first kappa shape index (κ1) is 10.4. The number of nitrogens with two attached hydrogens (primary N) is 1. The topological polar surface area (TPSA) is 64.3 Å². The van der Waals surface area contributed by atoms with Crippen molar-refractivity contribution in [3.63, 3.8) is 0 Å². The summed E-state index contributed by atoms with van der Waals surface area (Å²) in [5, 5.41) is 2.53. The van der Waals surface area contributed by atoms with Crippen molar-refractivity contribution in [2.75, 3.05) is 11.9 Å². The van der Waals surface area contributed by atoms with Gasteiger partial charge in [0.25, 0.3) is 5.91 Å². The average molecular weight is 275 g/mol. The van der Waals surface area contributed by atoms with Crippen molar-refractivity contribution in [3.05, 3.63) is 22.4 Å². The number of hydrogen-bond acceptors (Lipinski definition) is 3. The van der Waals surface area contributed by atoms with Gasteiger partial charge >= 0.3 is 0 Å². The lowest BCUT2D eigenvalue weighted by Crippen LogP contribution is -2.42. The van der Waals surface area contributed by atoms with E-state index in [0.717, 1.165) is 0 Å². The second-order valence-electron chi connectivity index (χ2n) is 3.10. The molecular formula is C9H8BrFN2O2. The normalized spacial score (nSPS) is 19.1. The molecule has 2 rings (SSSR count). The first-order valence-corrected chi connectivity index (χ1v) is 5.07. The zero-order valence-electron chi connectivity index (χ0n) is 7.59. The predicted molar refractivity (Wildman–Crippen MR) is 56.2 cm³/mol. The number of ether oxygens (including phenoxy) is 1. The SMILES string of the molecule is NCC1Oc2c(Br)cc(F)cc2NC1=O. The molecule has 0 aromatic heterocycles. The fraction of sp³-hybridized carbons (Fsp3) is 0.222. The van der Waals surface area contributed by atoms with Crippen LogP contribution in [0.4, 0.5) is 10.1 Å². The molecular weight excluding hydrogens is 267 g/mol. The summed E-state index contributed by atoms with van der Waals surface area (Å²) >= 11 is 3.15. The van der Waals surface area contributed by atoms with Gasteiger partial charge in [0.2, 0.25) is 0 Å². The highest BCUT2D eigenvalue weighted by molar-refractivity contribution is 9.10. The van der Waals surface area contributed by atoms with Crippen molar-refractivity contribution in [1.29, 1.82) is 0 Å². The summed E-state index contributed by atoms with van der Waals surface area (Å²) in [5.41, 5.74) is 5.67. The third-order valence-corrected chi connectivity index (χ3v) is 2.62. The Labute approximate surface area is 93.7 Å². The van der Waals surface area contributed by atoms with E-state index in [1.54, 1.807) is 0 Å². The Morgan fingerprint density at radius 3 is 3.00 bits per heavy atom. The molecule has 1 aromatic rings. The van der Waals surface area contributed by atoms with Crippen molar-refractivity contribution in [2.45, 2.75) is 6.10 Å². The molecule has 6 heteroatoms. The molecule has 0 aliphatic carbocycles. The van der Waals surface area contributed by atoms with Gasteiger partial charge in [0.1, 0.15) is 5.82 Å². The first-order valence-electron chi connectivity index (χ1n) is 4.28. The van der Waals surface area contributed by atoms with Gasteiger partial charge in [-0.3, -0.25) is 4.79 Å². The fourth-order valence-corrected chi connectivity index (χ4v) is 1.86. The lowest BCUT2D eigenvalue weighted by molar-refractivity contribution is -0.123. The van der Waals surface area contributed by atoms with Gasteiger partial charge in [-0.2, -0.15) is 0 Å². The van der Waals surface area contributed by atoms with Crippen LogP contribution >= 0.6 is 15.9 Å². The standard InChI is InChI=1S/C9H8BrFN2O2/c10-5-1-4(11)2-6-8(5)15-7(3-12)9(14)13-6/h1-2,7H,3,12H2,(H,13,14). The number of hydrogen-bond donors (Lipinski definition) is 2. The molecule has 0 saturated carbocycles. The minimum atomic E-state index is -0.723. The molecule has 0 spiro atoms. The van der Waals surface area contributed by atoms with Gasteiger partial charge in [0.05, 0.1) is 10.2 Å². The average Bonchev–Trinajstić information content (AvgIpc) is 2.16. The minimum Gasteiger partial charge on any atom is -0.476 e. The zero-order chi connectivity index (χ0) is 11.0. The summed E-state index contributed by atoms with van der Waals surface area (Å²) in [6.45, 7) is 0.0785. The zero-order valence-corrected chi connectivity index (χ0v) is 9.17. The van der Waals surface area contributed by atoms with Crippen LogP contribution in [0.25, 0.3) is 0 Å². The van der Waals surface area contributed by atoms with Crippen LogP contribution in [0.3, 0.4) is 0 Å². The van der Waals surface area contributed by atoms with Crippen LogP contribution in [0.15, 0.2) is 16.6 Å². The molecule has 0 saturated heterocycles. The fourth-order valence-electron chi connectivity index (χ4n) is 1.34. The summed E-state index contributed by atoms with van der Waals surface area (Å²) < 4.78 is 18.8. The third-order valence-electron chi connectivity index (χ3n) is 2.03. The van der Waals surface area contributed by atoms with Crippen molar-refractivity contribution in [3.8, 4) is 5.75 Å². The molecule has 0 radical (unpaired) electrons. The number of amides is 1. The number of carbonyl (C=O) groups excluding carboxylic acids is 1. The van der Waals surface area contributed by atoms with Crippen LogP contribution in [0, 0.1) is 5.82 Å². The molecule has 1 unspecified atom stereocenters. The molecule has 80 valence electrons. The maximum atomic E-state index is 13.0. The van der Waals surface area contributed by atoms with E-state index in [1.807, 2.05) is 0 Å². The number of halogens is 2. The van der Waals surface area contributed by atoms with Crippen LogP contribution in [0.5, 0.6) is 5.75 Å². The van der Waals surface area contributed by atoms with Crippen molar-refractivity contribution < 1.29 is 13.9 Å². The summed E-state index contributed by atoms with van der Waals surface area (Å²) in [6, 6.07) is 2.47. The number of benzene rings is 1. The smallest absolute Gasteiger partial charge is 0.266 e. The summed E-state index contributed by atoms with van der Waals surface area (Å²) in [4.78, 5) is 11.4. The number of anilines is 1. The molecule has 4 nitrogen and oxygen atoms in total. The van der Waals surface area contributed by atoms with Gasteiger partial charge in [0, 0.05) is 12.6 Å². The Hall–Kier alpha value is -1.14. The lowest BCUT2D eigenvalue weighted by Gasteiger charge is -2.25. The van der Waals surface area contributed by atoms with Gasteiger partial charge in [-0.15, -0.1) is 0 Å². The molecule has 0 fully saturated rings. The summed E-state index contributed by atoms with van der Waals surface area (Å²) in [6.07, 6.45) is -0.723. The maximum absolute atomic E-state index is 13.0. The van der Waals surface area contributed by atoms with Crippen LogP contribution in [-0.2, 0) is 4.79 Å². The van der Waals surface area contributed by atoms with E-state index in [0.29, 0.717) is 15.9 Å². The highest BCUT2D eigenvalue weighted by atomic mass is 79.9. The monoisotopic (exact) mass is 274 g/mol. The summed E-state index contributed by atoms with van der Waals surface area (Å²) in [5.74, 6) is -0.398. The van der Waals surface area contributed by atoms with Crippen molar-refractivity contribution in [1.82, 2.24) is 0 Å². The Bertz CT molecular complexity index is 425. The second-order valence-corrected chi connectivity index (χ2v) is 3.95. The van der Waals surface area contributed by atoms with Gasteiger partial charge in [-0.05, 0) is 22.0 Å². The molecule has 3 N–H and O–H groups in total. The van der Waals surface area contributed by atoms with Gasteiger partial charge < -0.3 is 15.8 Å². The summed E-state index contributed by atoms with van der Waals surface area (Å²) in [7, 11) is 0. The lowest BCUT2D eigenvalue weighted by atomic mass is 10.2. The number of rotatable bonds is 1. The van der Waals surface area contributed by atoms with Crippen molar-refractivity contribution >= 4 is 27.5 Å². The van der Waals surface area contributed by atoms with E-state index in [1.165, 1.54) is 12.1 Å². The molecule has 1 atom stereocenters. The van der Waals surface area contributed by atoms with E-state index in [4.69, 9.17) is 10.5 Å². The highest BCUT2D eigenvalue weighted by Gasteiger charge is 2.28. The van der Waals surface area contributed by atoms with E-state index < -0.39 is 11.9 Å². The van der Waals surface area contributed by atoms with E-state index in [9.17, 15) is 9.18 Å². The van der Waals surface area contributed by atoms with E-state index >= 15 is 0 Å². The Balaban J connectivity index is 2.45. The highest BCUT2D eigenvalue weighted by Crippen LogP contribution is 2.37. The predicted octanol–water partition coefficient (Wildman–Crippen LogP) is 1.25. The van der Waals surface area contributed by atoms with E-state index in [2.05, 4.69) is 21.2 Å². The molecule has 1 aromatic carbocycles. The van der Waals surface area contributed by atoms with Crippen LogP contribution in [0.2, 0.25) is 0 Å². The van der Waals surface area contributed by atoms with Gasteiger partial charge in [-0.25, -0.2) is 4.39 Å². The maximum Gasteiger partial charge on any atom is 0.266 e. The van der Waals surface area contributed by atoms with Crippen molar-refractivity contribution in [2.24, 2.45) is 5.73 Å². The number of nitrogens with one attached hydrogen (secondary N) is 1. The van der Waals surface area contributed by atoms with Crippen LogP contribution < -0.4 is 15.8 Å². The molecule has 1 aliphatic rings. The van der Waals surface area contributed by atoms with Crippen LogP contribution in [0.1, 0.15) is 0 Å². The van der Waals surface area contributed by atoms with E-state index in [-0.39, 0.29) is 12.5 Å². The molecule has 1 aliphatic heterocycles. The second kappa shape index (κ2) is 3.79. The Kier molecular flexibility index (Phi) is 2.62. The third kappa shape index (κ3) is 1.82.